The molecule has 0 heterocycles. The molecule has 118 valence electrons. The summed E-state index contributed by atoms with van der Waals surface area (Å²) in [5.41, 5.74) is 4.95. The SMILES string of the molecule is CCCC(CCC)(C(=O)NCCNS(C)(=O)=O)C(N)=S. The Bertz CT molecular complexity index is 429. The Labute approximate surface area is 126 Å². The maximum atomic E-state index is 12.4. The van der Waals surface area contributed by atoms with Crippen LogP contribution in [0.25, 0.3) is 0 Å². The summed E-state index contributed by atoms with van der Waals surface area (Å²) in [5.74, 6) is -0.219. The molecule has 0 aliphatic carbocycles. The van der Waals surface area contributed by atoms with Gasteiger partial charge in [-0.2, -0.15) is 0 Å². The van der Waals surface area contributed by atoms with Gasteiger partial charge in [-0.05, 0) is 12.8 Å². The van der Waals surface area contributed by atoms with E-state index in [0.29, 0.717) is 12.8 Å². The number of nitrogens with one attached hydrogen (secondary N) is 2. The monoisotopic (exact) mass is 323 g/mol. The first-order chi connectivity index (χ1) is 9.19. The van der Waals surface area contributed by atoms with Gasteiger partial charge >= 0.3 is 0 Å². The molecule has 0 aromatic heterocycles. The highest BCUT2D eigenvalue weighted by Gasteiger charge is 2.39. The van der Waals surface area contributed by atoms with Gasteiger partial charge in [0, 0.05) is 13.1 Å². The lowest BCUT2D eigenvalue weighted by atomic mass is 9.78. The minimum Gasteiger partial charge on any atom is -0.392 e. The number of hydrogen-bond acceptors (Lipinski definition) is 4. The number of sulfonamides is 1. The van der Waals surface area contributed by atoms with Crippen LogP contribution in [-0.2, 0) is 14.8 Å². The molecule has 0 fully saturated rings. The van der Waals surface area contributed by atoms with Crippen LogP contribution < -0.4 is 15.8 Å². The van der Waals surface area contributed by atoms with Crippen molar-refractivity contribution in [1.82, 2.24) is 10.0 Å². The highest BCUT2D eigenvalue weighted by molar-refractivity contribution is 7.88. The van der Waals surface area contributed by atoms with Crippen molar-refractivity contribution in [3.63, 3.8) is 0 Å². The molecular formula is C12H25N3O3S2. The minimum absolute atomic E-state index is 0.149. The molecule has 4 N–H and O–H groups in total. The third kappa shape index (κ3) is 6.15. The summed E-state index contributed by atoms with van der Waals surface area (Å²) in [4.78, 5) is 12.6. The lowest BCUT2D eigenvalue weighted by Gasteiger charge is -2.31. The molecule has 0 aromatic carbocycles. The van der Waals surface area contributed by atoms with Crippen molar-refractivity contribution in [2.24, 2.45) is 11.1 Å². The van der Waals surface area contributed by atoms with Crippen LogP contribution in [-0.4, -0.2) is 38.7 Å². The molecule has 8 heteroatoms. The number of hydrogen-bond donors (Lipinski definition) is 3. The largest absolute Gasteiger partial charge is 0.392 e. The maximum absolute atomic E-state index is 12.4. The molecule has 0 spiro atoms. The first-order valence-electron chi connectivity index (χ1n) is 6.72. The van der Waals surface area contributed by atoms with E-state index in [9.17, 15) is 13.2 Å². The second kappa shape index (κ2) is 8.53. The third-order valence-electron chi connectivity index (χ3n) is 3.03. The predicted molar refractivity (Wildman–Crippen MR) is 84.9 cm³/mol. The van der Waals surface area contributed by atoms with Gasteiger partial charge in [-0.1, -0.05) is 38.9 Å². The summed E-state index contributed by atoms with van der Waals surface area (Å²) < 4.78 is 24.2. The van der Waals surface area contributed by atoms with Gasteiger partial charge < -0.3 is 11.1 Å². The van der Waals surface area contributed by atoms with Crippen molar-refractivity contribution in [3.05, 3.63) is 0 Å². The van der Waals surface area contributed by atoms with Gasteiger partial charge in [-0.3, -0.25) is 4.79 Å². The van der Waals surface area contributed by atoms with E-state index in [1.165, 1.54) is 0 Å². The predicted octanol–water partition coefficient (Wildman–Crippen LogP) is 0.525. The first kappa shape index (κ1) is 19.3. The van der Waals surface area contributed by atoms with Crippen LogP contribution in [0, 0.1) is 5.41 Å². The molecule has 1 amide bonds. The van der Waals surface area contributed by atoms with Gasteiger partial charge in [0.2, 0.25) is 15.9 Å². The van der Waals surface area contributed by atoms with Crippen molar-refractivity contribution in [2.75, 3.05) is 19.3 Å². The molecule has 0 rings (SSSR count). The molecule has 0 aliphatic rings. The zero-order valence-electron chi connectivity index (χ0n) is 12.4. The van der Waals surface area contributed by atoms with Gasteiger partial charge in [0.05, 0.1) is 16.7 Å². The average Bonchev–Trinajstić information content (AvgIpc) is 2.32. The van der Waals surface area contributed by atoms with E-state index in [2.05, 4.69) is 10.0 Å². The smallest absolute Gasteiger partial charge is 0.233 e. The Morgan fingerprint density at radius 2 is 1.70 bits per heavy atom. The lowest BCUT2D eigenvalue weighted by Crippen LogP contribution is -2.50. The zero-order chi connectivity index (χ0) is 15.8. The maximum Gasteiger partial charge on any atom is 0.233 e. The van der Waals surface area contributed by atoms with Crippen molar-refractivity contribution in [1.29, 1.82) is 0 Å². The van der Waals surface area contributed by atoms with Crippen molar-refractivity contribution < 1.29 is 13.2 Å². The van der Waals surface area contributed by atoms with Crippen LogP contribution in [0.3, 0.4) is 0 Å². The molecule has 20 heavy (non-hydrogen) atoms. The average molecular weight is 323 g/mol. The summed E-state index contributed by atoms with van der Waals surface area (Å²) in [6.07, 6.45) is 3.87. The summed E-state index contributed by atoms with van der Waals surface area (Å²) >= 11 is 5.08. The van der Waals surface area contributed by atoms with E-state index in [1.807, 2.05) is 13.8 Å². The number of thiocarbonyl (C=S) groups is 1. The fraction of sp³-hybridized carbons (Fsp3) is 0.833. The van der Waals surface area contributed by atoms with Crippen LogP contribution >= 0.6 is 12.2 Å². The number of carbonyl (C=O) groups excluding carboxylic acids is 1. The van der Waals surface area contributed by atoms with Gasteiger partial charge in [0.25, 0.3) is 0 Å². The fourth-order valence-electron chi connectivity index (χ4n) is 2.15. The van der Waals surface area contributed by atoms with E-state index < -0.39 is 15.4 Å². The fourth-order valence-corrected chi connectivity index (χ4v) is 2.92. The molecule has 0 atom stereocenters. The summed E-state index contributed by atoms with van der Waals surface area (Å²) in [6.45, 7) is 4.31. The van der Waals surface area contributed by atoms with E-state index >= 15 is 0 Å². The first-order valence-corrected chi connectivity index (χ1v) is 9.02. The molecule has 0 bridgehead atoms. The second-order valence-electron chi connectivity index (χ2n) is 4.87. The minimum atomic E-state index is -3.25. The zero-order valence-corrected chi connectivity index (χ0v) is 14.0. The van der Waals surface area contributed by atoms with Crippen LogP contribution in [0.1, 0.15) is 39.5 Å². The molecule has 0 unspecified atom stereocenters. The molecule has 0 radical (unpaired) electrons. The molecule has 0 saturated heterocycles. The molecule has 0 aliphatic heterocycles. The Hall–Kier alpha value is -0.730. The Kier molecular flexibility index (Phi) is 8.22. The van der Waals surface area contributed by atoms with Gasteiger partial charge in [0.15, 0.2) is 0 Å². The molecule has 0 aromatic rings. The van der Waals surface area contributed by atoms with Gasteiger partial charge in [-0.25, -0.2) is 13.1 Å². The molecule has 0 saturated carbocycles. The highest BCUT2D eigenvalue weighted by atomic mass is 32.2. The number of carbonyl (C=O) groups is 1. The molecule has 6 nitrogen and oxygen atoms in total. The topological polar surface area (TPSA) is 101 Å². The lowest BCUT2D eigenvalue weighted by molar-refractivity contribution is -0.128. The number of rotatable bonds is 10. The third-order valence-corrected chi connectivity index (χ3v) is 4.15. The van der Waals surface area contributed by atoms with Crippen LogP contribution in [0.5, 0.6) is 0 Å². The van der Waals surface area contributed by atoms with E-state index in [-0.39, 0.29) is 24.0 Å². The van der Waals surface area contributed by atoms with Crippen molar-refractivity contribution >= 4 is 33.1 Å². The Morgan fingerprint density at radius 3 is 2.05 bits per heavy atom. The number of nitrogens with two attached hydrogens (primary N) is 1. The van der Waals surface area contributed by atoms with Gasteiger partial charge in [0.1, 0.15) is 0 Å². The summed E-state index contributed by atoms with van der Waals surface area (Å²) in [7, 11) is -3.25. The van der Waals surface area contributed by atoms with E-state index in [0.717, 1.165) is 19.1 Å². The van der Waals surface area contributed by atoms with Crippen molar-refractivity contribution in [2.45, 2.75) is 39.5 Å². The van der Waals surface area contributed by atoms with Gasteiger partial charge in [-0.15, -0.1) is 0 Å². The Balaban J connectivity index is 4.67. The van der Waals surface area contributed by atoms with E-state index in [1.54, 1.807) is 0 Å². The second-order valence-corrected chi connectivity index (χ2v) is 7.14. The highest BCUT2D eigenvalue weighted by Crippen LogP contribution is 2.30. The van der Waals surface area contributed by atoms with Crippen molar-refractivity contribution in [3.8, 4) is 0 Å². The van der Waals surface area contributed by atoms with Crippen LogP contribution in [0.2, 0.25) is 0 Å². The Morgan fingerprint density at radius 1 is 1.20 bits per heavy atom. The summed E-state index contributed by atoms with van der Waals surface area (Å²) in [6, 6.07) is 0. The normalized spacial score (nSPS) is 12.2. The van der Waals surface area contributed by atoms with Crippen LogP contribution in [0.15, 0.2) is 0 Å². The standard InChI is InChI=1S/C12H25N3O3S2/c1-4-6-12(7-5-2,10(13)19)11(16)14-8-9-15-20(3,17)18/h15H,4-9H2,1-3H3,(H2,13,19)(H,14,16). The quantitative estimate of drug-likeness (QED) is 0.402. The van der Waals surface area contributed by atoms with Crippen LogP contribution in [0.4, 0.5) is 0 Å². The number of amides is 1. The van der Waals surface area contributed by atoms with E-state index in [4.69, 9.17) is 18.0 Å². The molecular weight excluding hydrogens is 298 g/mol. The summed E-state index contributed by atoms with van der Waals surface area (Å²) in [5, 5.41) is 2.71.